The fraction of sp³-hybridized carbons (Fsp3) is 0.267. The summed E-state index contributed by atoms with van der Waals surface area (Å²) in [6.45, 7) is 0.104. The van der Waals surface area contributed by atoms with Crippen LogP contribution in [0.4, 0.5) is 13.2 Å². The van der Waals surface area contributed by atoms with Gasteiger partial charge in [-0.05, 0) is 35.6 Å². The average Bonchev–Trinajstić information content (AvgIpc) is 2.95. The van der Waals surface area contributed by atoms with Gasteiger partial charge >= 0.3 is 6.18 Å². The molecule has 21 heavy (non-hydrogen) atoms. The first-order valence-electron chi connectivity index (χ1n) is 6.40. The zero-order chi connectivity index (χ0) is 15.3. The van der Waals surface area contributed by atoms with Crippen molar-refractivity contribution < 1.29 is 18.0 Å². The summed E-state index contributed by atoms with van der Waals surface area (Å²) in [5, 5.41) is 4.58. The largest absolute Gasteiger partial charge is 0.416 e. The second-order valence-electron chi connectivity index (χ2n) is 4.55. The molecular weight excluding hydrogens is 299 g/mol. The molecule has 0 unspecified atom stereocenters. The van der Waals surface area contributed by atoms with Gasteiger partial charge in [-0.25, -0.2) is 0 Å². The number of hydrogen-bond donors (Lipinski definition) is 1. The summed E-state index contributed by atoms with van der Waals surface area (Å²) < 4.78 is 37.7. The van der Waals surface area contributed by atoms with E-state index in [9.17, 15) is 18.0 Å². The van der Waals surface area contributed by atoms with E-state index >= 15 is 0 Å². The Labute approximate surface area is 124 Å². The summed E-state index contributed by atoms with van der Waals surface area (Å²) in [5.74, 6) is -0.166. The van der Waals surface area contributed by atoms with Gasteiger partial charge < -0.3 is 5.32 Å². The molecule has 1 N–H and O–H groups in total. The Kier molecular flexibility index (Phi) is 5.01. The normalized spacial score (nSPS) is 11.4. The van der Waals surface area contributed by atoms with Gasteiger partial charge in [-0.2, -0.15) is 13.2 Å². The van der Waals surface area contributed by atoms with Crippen molar-refractivity contribution in [3.8, 4) is 0 Å². The van der Waals surface area contributed by atoms with Gasteiger partial charge in [0.25, 0.3) is 0 Å². The minimum absolute atomic E-state index is 0.104. The lowest BCUT2D eigenvalue weighted by atomic mass is 10.1. The molecule has 0 saturated carbocycles. The van der Waals surface area contributed by atoms with Gasteiger partial charge in [-0.1, -0.05) is 18.2 Å². The number of aryl methyl sites for hydroxylation is 1. The lowest BCUT2D eigenvalue weighted by Gasteiger charge is -2.09. The van der Waals surface area contributed by atoms with E-state index < -0.39 is 11.7 Å². The van der Waals surface area contributed by atoms with Crippen molar-refractivity contribution in [1.29, 1.82) is 0 Å². The number of thiophene rings is 1. The van der Waals surface area contributed by atoms with Crippen LogP contribution in [-0.4, -0.2) is 5.91 Å². The summed E-state index contributed by atoms with van der Waals surface area (Å²) in [4.78, 5) is 12.8. The third kappa shape index (κ3) is 4.90. The van der Waals surface area contributed by atoms with Crippen LogP contribution in [0, 0.1) is 0 Å². The van der Waals surface area contributed by atoms with Crippen molar-refractivity contribution in [2.45, 2.75) is 25.6 Å². The predicted octanol–water partition coefficient (Wildman–Crippen LogP) is 4.02. The van der Waals surface area contributed by atoms with Crippen LogP contribution in [0.1, 0.15) is 22.4 Å². The first kappa shape index (κ1) is 15.6. The van der Waals surface area contributed by atoms with Crippen LogP contribution in [0.3, 0.4) is 0 Å². The quantitative estimate of drug-likeness (QED) is 0.887. The molecule has 0 bridgehead atoms. The number of nitrogens with one attached hydrogen (secondary N) is 1. The van der Waals surface area contributed by atoms with Crippen LogP contribution >= 0.6 is 11.3 Å². The van der Waals surface area contributed by atoms with Gasteiger partial charge in [0.2, 0.25) is 5.91 Å². The van der Waals surface area contributed by atoms with Crippen molar-refractivity contribution in [1.82, 2.24) is 5.32 Å². The Balaban J connectivity index is 1.83. The molecule has 1 aromatic heterocycles. The van der Waals surface area contributed by atoms with Crippen LogP contribution in [0.2, 0.25) is 0 Å². The summed E-state index contributed by atoms with van der Waals surface area (Å²) in [6.07, 6.45) is -3.38. The molecule has 0 aliphatic rings. The van der Waals surface area contributed by atoms with Crippen LogP contribution < -0.4 is 5.32 Å². The Morgan fingerprint density at radius 2 is 2.00 bits per heavy atom. The van der Waals surface area contributed by atoms with Crippen LogP contribution in [-0.2, 0) is 23.9 Å². The molecule has 112 valence electrons. The molecule has 1 aromatic carbocycles. The van der Waals surface area contributed by atoms with Gasteiger partial charge in [0.1, 0.15) is 0 Å². The van der Waals surface area contributed by atoms with Crippen LogP contribution in [0.15, 0.2) is 41.8 Å². The topological polar surface area (TPSA) is 29.1 Å². The summed E-state index contributed by atoms with van der Waals surface area (Å²) in [7, 11) is 0. The van der Waals surface area contributed by atoms with E-state index in [0.717, 1.165) is 17.0 Å². The molecule has 2 aromatic rings. The van der Waals surface area contributed by atoms with E-state index in [1.165, 1.54) is 6.07 Å². The fourth-order valence-electron chi connectivity index (χ4n) is 1.84. The number of hydrogen-bond acceptors (Lipinski definition) is 2. The van der Waals surface area contributed by atoms with E-state index in [0.29, 0.717) is 18.4 Å². The average molecular weight is 313 g/mol. The highest BCUT2D eigenvalue weighted by molar-refractivity contribution is 7.09. The number of amides is 1. The number of benzene rings is 1. The number of rotatable bonds is 5. The molecule has 0 radical (unpaired) electrons. The number of carbonyl (C=O) groups excluding carboxylic acids is 1. The zero-order valence-electron chi connectivity index (χ0n) is 11.1. The highest BCUT2D eigenvalue weighted by Crippen LogP contribution is 2.29. The van der Waals surface area contributed by atoms with Crippen molar-refractivity contribution >= 4 is 17.2 Å². The molecule has 0 aliphatic carbocycles. The van der Waals surface area contributed by atoms with Crippen molar-refractivity contribution in [2.75, 3.05) is 0 Å². The van der Waals surface area contributed by atoms with Gasteiger partial charge in [-0.3, -0.25) is 4.79 Å². The number of halogens is 3. The Hall–Kier alpha value is -1.82. The van der Waals surface area contributed by atoms with Crippen molar-refractivity contribution in [2.24, 2.45) is 0 Å². The van der Waals surface area contributed by atoms with Gasteiger partial charge in [-0.15, -0.1) is 11.3 Å². The minimum atomic E-state index is -4.36. The molecule has 2 rings (SSSR count). The molecule has 0 fully saturated rings. The first-order valence-corrected chi connectivity index (χ1v) is 7.28. The van der Waals surface area contributed by atoms with E-state index in [4.69, 9.17) is 0 Å². The minimum Gasteiger partial charge on any atom is -0.352 e. The summed E-state index contributed by atoms with van der Waals surface area (Å²) in [6, 6.07) is 8.84. The SMILES string of the molecule is O=C(CCc1cccs1)NCc1cccc(C(F)(F)F)c1. The highest BCUT2D eigenvalue weighted by atomic mass is 32.1. The van der Waals surface area contributed by atoms with E-state index in [-0.39, 0.29) is 12.5 Å². The molecule has 6 heteroatoms. The predicted molar refractivity (Wildman–Crippen MR) is 75.9 cm³/mol. The second-order valence-corrected chi connectivity index (χ2v) is 5.59. The monoisotopic (exact) mass is 313 g/mol. The lowest BCUT2D eigenvalue weighted by molar-refractivity contribution is -0.137. The number of carbonyl (C=O) groups is 1. The maximum atomic E-state index is 12.6. The molecular formula is C15H14F3NOS. The smallest absolute Gasteiger partial charge is 0.352 e. The maximum Gasteiger partial charge on any atom is 0.416 e. The first-order chi connectivity index (χ1) is 9.95. The van der Waals surface area contributed by atoms with Crippen molar-refractivity contribution in [3.63, 3.8) is 0 Å². The summed E-state index contributed by atoms with van der Waals surface area (Å²) in [5.41, 5.74) is -0.262. The van der Waals surface area contributed by atoms with Crippen LogP contribution in [0.5, 0.6) is 0 Å². The van der Waals surface area contributed by atoms with E-state index in [2.05, 4.69) is 5.32 Å². The Morgan fingerprint density at radius 3 is 2.67 bits per heavy atom. The molecule has 0 aliphatic heterocycles. The number of alkyl halides is 3. The fourth-order valence-corrected chi connectivity index (χ4v) is 2.55. The molecule has 0 spiro atoms. The molecule has 0 saturated heterocycles. The Bertz CT molecular complexity index is 593. The van der Waals surface area contributed by atoms with Gasteiger partial charge in [0.15, 0.2) is 0 Å². The highest BCUT2D eigenvalue weighted by Gasteiger charge is 2.30. The standard InChI is InChI=1S/C15H14F3NOS/c16-15(17,18)12-4-1-3-11(9-12)10-19-14(20)7-6-13-5-2-8-21-13/h1-5,8-9H,6-7,10H2,(H,19,20). The van der Waals surface area contributed by atoms with Gasteiger partial charge in [0.05, 0.1) is 5.56 Å². The second kappa shape index (κ2) is 6.76. The van der Waals surface area contributed by atoms with Crippen LogP contribution in [0.25, 0.3) is 0 Å². The molecule has 1 amide bonds. The van der Waals surface area contributed by atoms with Crippen molar-refractivity contribution in [3.05, 3.63) is 57.8 Å². The van der Waals surface area contributed by atoms with E-state index in [1.807, 2.05) is 17.5 Å². The molecule has 2 nitrogen and oxygen atoms in total. The van der Waals surface area contributed by atoms with Gasteiger partial charge in [0, 0.05) is 17.8 Å². The third-order valence-electron chi connectivity index (χ3n) is 2.92. The maximum absolute atomic E-state index is 12.6. The third-order valence-corrected chi connectivity index (χ3v) is 3.86. The van der Waals surface area contributed by atoms with E-state index in [1.54, 1.807) is 17.4 Å². The molecule has 0 atom stereocenters. The Morgan fingerprint density at radius 1 is 1.19 bits per heavy atom. The zero-order valence-corrected chi connectivity index (χ0v) is 11.9. The summed E-state index contributed by atoms with van der Waals surface area (Å²) >= 11 is 1.58. The lowest BCUT2D eigenvalue weighted by Crippen LogP contribution is -2.23. The molecule has 1 heterocycles.